The highest BCUT2D eigenvalue weighted by molar-refractivity contribution is 7.86. The van der Waals surface area contributed by atoms with E-state index in [9.17, 15) is 13.2 Å². The lowest BCUT2D eigenvalue weighted by Gasteiger charge is -2.09. The van der Waals surface area contributed by atoms with Crippen molar-refractivity contribution >= 4 is 16.4 Å². The molecule has 2 rings (SSSR count). The number of rotatable bonds is 7. The fraction of sp³-hybridized carbons (Fsp3) is 0.562. The average Bonchev–Trinajstić information content (AvgIpc) is 2.92. The summed E-state index contributed by atoms with van der Waals surface area (Å²) >= 11 is 0. The molecule has 1 aliphatic rings. The van der Waals surface area contributed by atoms with Crippen molar-refractivity contribution < 1.29 is 17.4 Å². The van der Waals surface area contributed by atoms with Gasteiger partial charge < -0.3 is 4.79 Å². The van der Waals surface area contributed by atoms with Crippen LogP contribution in [0.3, 0.4) is 0 Å². The SMILES string of the molecule is Cc1ccc(S(=O)(=O)OCCC[C@H]2CC[C@H](C=O)C2)cc1. The molecule has 0 unspecified atom stereocenters. The zero-order chi connectivity index (χ0) is 15.3. The third-order valence-electron chi connectivity index (χ3n) is 4.08. The summed E-state index contributed by atoms with van der Waals surface area (Å²) in [7, 11) is -3.64. The van der Waals surface area contributed by atoms with Crippen molar-refractivity contribution in [3.8, 4) is 0 Å². The highest BCUT2D eigenvalue weighted by atomic mass is 32.2. The van der Waals surface area contributed by atoms with E-state index in [0.29, 0.717) is 12.3 Å². The fourth-order valence-corrected chi connectivity index (χ4v) is 3.76. The predicted molar refractivity (Wildman–Crippen MR) is 80.4 cm³/mol. The molecule has 2 atom stereocenters. The topological polar surface area (TPSA) is 60.4 Å². The van der Waals surface area contributed by atoms with Crippen LogP contribution < -0.4 is 0 Å². The second-order valence-corrected chi connectivity index (χ2v) is 7.42. The minimum Gasteiger partial charge on any atom is -0.303 e. The lowest BCUT2D eigenvalue weighted by Crippen LogP contribution is -2.08. The first-order valence-corrected chi connectivity index (χ1v) is 8.83. The molecule has 1 aromatic carbocycles. The number of hydrogen-bond acceptors (Lipinski definition) is 4. The molecule has 4 nitrogen and oxygen atoms in total. The molecule has 0 heterocycles. The van der Waals surface area contributed by atoms with E-state index >= 15 is 0 Å². The Hall–Kier alpha value is -1.20. The van der Waals surface area contributed by atoms with Gasteiger partial charge in [-0.1, -0.05) is 17.7 Å². The molecular formula is C16H22O4S. The Kier molecular flexibility index (Phi) is 5.53. The molecule has 0 saturated heterocycles. The highest BCUT2D eigenvalue weighted by Crippen LogP contribution is 2.32. The quantitative estimate of drug-likeness (QED) is 0.441. The lowest BCUT2D eigenvalue weighted by atomic mass is 10.0. The number of carbonyl (C=O) groups excluding carboxylic acids is 1. The first-order valence-electron chi connectivity index (χ1n) is 7.42. The molecular weight excluding hydrogens is 288 g/mol. The van der Waals surface area contributed by atoms with Crippen LogP contribution in [-0.2, 0) is 19.1 Å². The van der Waals surface area contributed by atoms with Gasteiger partial charge in [0.1, 0.15) is 6.29 Å². The summed E-state index contributed by atoms with van der Waals surface area (Å²) in [6.45, 7) is 2.11. The van der Waals surface area contributed by atoms with E-state index < -0.39 is 10.1 Å². The van der Waals surface area contributed by atoms with Crippen LogP contribution in [0.1, 0.15) is 37.7 Å². The Morgan fingerprint density at radius 2 is 1.95 bits per heavy atom. The van der Waals surface area contributed by atoms with E-state index in [1.807, 2.05) is 6.92 Å². The second-order valence-electron chi connectivity index (χ2n) is 5.81. The van der Waals surface area contributed by atoms with Gasteiger partial charge in [-0.2, -0.15) is 8.42 Å². The summed E-state index contributed by atoms with van der Waals surface area (Å²) in [6.07, 6.45) is 5.65. The Morgan fingerprint density at radius 1 is 1.24 bits per heavy atom. The summed E-state index contributed by atoms with van der Waals surface area (Å²) in [6, 6.07) is 6.65. The van der Waals surface area contributed by atoms with Gasteiger partial charge in [-0.15, -0.1) is 0 Å². The predicted octanol–water partition coefficient (Wildman–Crippen LogP) is 3.10. The van der Waals surface area contributed by atoms with Gasteiger partial charge in [0.05, 0.1) is 11.5 Å². The molecule has 1 aromatic rings. The molecule has 5 heteroatoms. The van der Waals surface area contributed by atoms with Gasteiger partial charge in [-0.05, 0) is 57.1 Å². The van der Waals surface area contributed by atoms with Crippen LogP contribution in [-0.4, -0.2) is 21.3 Å². The van der Waals surface area contributed by atoms with Crippen LogP contribution in [0.15, 0.2) is 29.2 Å². The minimum absolute atomic E-state index is 0.201. The Morgan fingerprint density at radius 3 is 2.57 bits per heavy atom. The molecule has 1 saturated carbocycles. The lowest BCUT2D eigenvalue weighted by molar-refractivity contribution is -0.111. The van der Waals surface area contributed by atoms with Crippen molar-refractivity contribution in [2.75, 3.05) is 6.61 Å². The van der Waals surface area contributed by atoms with Gasteiger partial charge in [-0.25, -0.2) is 0 Å². The molecule has 0 radical (unpaired) electrons. The van der Waals surface area contributed by atoms with Gasteiger partial charge in [0.2, 0.25) is 0 Å². The molecule has 0 spiro atoms. The van der Waals surface area contributed by atoms with Crippen LogP contribution in [0.4, 0.5) is 0 Å². The third-order valence-corrected chi connectivity index (χ3v) is 5.41. The maximum atomic E-state index is 12.0. The van der Waals surface area contributed by atoms with E-state index in [-0.39, 0.29) is 17.4 Å². The van der Waals surface area contributed by atoms with Gasteiger partial charge in [0.25, 0.3) is 10.1 Å². The molecule has 116 valence electrons. The van der Waals surface area contributed by atoms with Gasteiger partial charge in [0, 0.05) is 5.92 Å². The van der Waals surface area contributed by atoms with Crippen molar-refractivity contribution in [3.63, 3.8) is 0 Å². The standard InChI is InChI=1S/C16H22O4S/c1-13-4-8-16(9-5-13)21(18,19)20-10-2-3-14-6-7-15(11-14)12-17/h4-5,8-9,12,14-15H,2-3,6-7,10-11H2,1H3/t14-,15-/m0/s1. The molecule has 21 heavy (non-hydrogen) atoms. The van der Waals surface area contributed by atoms with Crippen LogP contribution in [0, 0.1) is 18.8 Å². The third kappa shape index (κ3) is 4.64. The largest absolute Gasteiger partial charge is 0.303 e. The number of aryl methyl sites for hydroxylation is 1. The summed E-state index contributed by atoms with van der Waals surface area (Å²) in [5.74, 6) is 0.734. The van der Waals surface area contributed by atoms with E-state index in [0.717, 1.165) is 37.5 Å². The number of aldehydes is 1. The van der Waals surface area contributed by atoms with E-state index in [4.69, 9.17) is 4.18 Å². The molecule has 0 amide bonds. The van der Waals surface area contributed by atoms with Crippen molar-refractivity contribution in [2.45, 2.75) is 43.9 Å². The second kappa shape index (κ2) is 7.18. The maximum absolute atomic E-state index is 12.0. The summed E-state index contributed by atoms with van der Waals surface area (Å²) in [5.41, 5.74) is 1.01. The monoisotopic (exact) mass is 310 g/mol. The van der Waals surface area contributed by atoms with Crippen molar-refractivity contribution in [1.82, 2.24) is 0 Å². The number of carbonyl (C=O) groups is 1. The number of hydrogen-bond donors (Lipinski definition) is 0. The van der Waals surface area contributed by atoms with E-state index in [1.54, 1.807) is 24.3 Å². The number of benzene rings is 1. The van der Waals surface area contributed by atoms with E-state index in [1.165, 1.54) is 0 Å². The van der Waals surface area contributed by atoms with Crippen LogP contribution in [0.2, 0.25) is 0 Å². The zero-order valence-electron chi connectivity index (χ0n) is 12.3. The van der Waals surface area contributed by atoms with Gasteiger partial charge in [0.15, 0.2) is 0 Å². The average molecular weight is 310 g/mol. The molecule has 1 fully saturated rings. The normalized spacial score (nSPS) is 22.3. The molecule has 1 aliphatic carbocycles. The maximum Gasteiger partial charge on any atom is 0.296 e. The molecule has 0 N–H and O–H groups in total. The van der Waals surface area contributed by atoms with Gasteiger partial charge >= 0.3 is 0 Å². The Balaban J connectivity index is 1.75. The summed E-state index contributed by atoms with van der Waals surface area (Å²) in [5, 5.41) is 0. The summed E-state index contributed by atoms with van der Waals surface area (Å²) in [4.78, 5) is 10.9. The molecule has 0 bridgehead atoms. The molecule has 0 aliphatic heterocycles. The van der Waals surface area contributed by atoms with E-state index in [2.05, 4.69) is 0 Å². The summed E-state index contributed by atoms with van der Waals surface area (Å²) < 4.78 is 29.0. The van der Waals surface area contributed by atoms with Crippen LogP contribution in [0.5, 0.6) is 0 Å². The first-order chi connectivity index (χ1) is 10.0. The van der Waals surface area contributed by atoms with Crippen LogP contribution >= 0.6 is 0 Å². The van der Waals surface area contributed by atoms with Crippen molar-refractivity contribution in [3.05, 3.63) is 29.8 Å². The fourth-order valence-electron chi connectivity index (χ4n) is 2.81. The van der Waals surface area contributed by atoms with Crippen molar-refractivity contribution in [2.24, 2.45) is 11.8 Å². The minimum atomic E-state index is -3.64. The highest BCUT2D eigenvalue weighted by Gasteiger charge is 2.24. The molecule has 0 aromatic heterocycles. The Labute approximate surface area is 126 Å². The first kappa shape index (κ1) is 16.2. The van der Waals surface area contributed by atoms with Crippen molar-refractivity contribution in [1.29, 1.82) is 0 Å². The smallest absolute Gasteiger partial charge is 0.296 e. The van der Waals surface area contributed by atoms with Crippen LogP contribution in [0.25, 0.3) is 0 Å². The zero-order valence-corrected chi connectivity index (χ0v) is 13.1. The van der Waals surface area contributed by atoms with Gasteiger partial charge in [-0.3, -0.25) is 4.18 Å². The Bertz CT molecular complexity index is 562.